The number of hydrogen-bond donors (Lipinski definition) is 2. The standard InChI is InChI=1S/C20H18FN3OS/c21-17-9-7-15(8-10-17)13-23-20(25)24-18-5-3-4-16(12-18)14-26-19-6-1-2-11-22-19/h1-12H,13-14H2,(H2,23,24,25). The minimum atomic E-state index is -0.302. The van der Waals surface area contributed by atoms with Crippen molar-refractivity contribution in [1.82, 2.24) is 10.3 Å². The van der Waals surface area contributed by atoms with Gasteiger partial charge in [0.1, 0.15) is 5.82 Å². The molecule has 0 aliphatic heterocycles. The van der Waals surface area contributed by atoms with Crippen LogP contribution in [0.3, 0.4) is 0 Å². The smallest absolute Gasteiger partial charge is 0.319 e. The number of benzene rings is 2. The summed E-state index contributed by atoms with van der Waals surface area (Å²) in [6.07, 6.45) is 1.77. The Balaban J connectivity index is 1.51. The number of aromatic nitrogens is 1. The second kappa shape index (κ2) is 9.01. The Kier molecular flexibility index (Phi) is 6.22. The zero-order valence-electron chi connectivity index (χ0n) is 14.0. The molecule has 3 rings (SSSR count). The zero-order valence-corrected chi connectivity index (χ0v) is 14.8. The Labute approximate surface area is 155 Å². The fourth-order valence-corrected chi connectivity index (χ4v) is 3.09. The number of carbonyl (C=O) groups excluding carboxylic acids is 1. The lowest BCUT2D eigenvalue weighted by molar-refractivity contribution is 0.251. The maximum atomic E-state index is 12.9. The van der Waals surface area contributed by atoms with Gasteiger partial charge in [0, 0.05) is 24.2 Å². The number of nitrogens with one attached hydrogen (secondary N) is 2. The third-order valence-electron chi connectivity index (χ3n) is 3.58. The monoisotopic (exact) mass is 367 g/mol. The summed E-state index contributed by atoms with van der Waals surface area (Å²) in [6, 6.07) is 19.2. The lowest BCUT2D eigenvalue weighted by Crippen LogP contribution is -2.28. The van der Waals surface area contributed by atoms with Crippen molar-refractivity contribution in [3.63, 3.8) is 0 Å². The van der Waals surface area contributed by atoms with Crippen LogP contribution in [0, 0.1) is 5.82 Å². The number of nitrogens with zero attached hydrogens (tertiary/aromatic N) is 1. The van der Waals surface area contributed by atoms with Gasteiger partial charge in [0.25, 0.3) is 0 Å². The summed E-state index contributed by atoms with van der Waals surface area (Å²) in [5.41, 5.74) is 2.65. The Morgan fingerprint density at radius 1 is 1.00 bits per heavy atom. The van der Waals surface area contributed by atoms with Crippen LogP contribution in [0.1, 0.15) is 11.1 Å². The van der Waals surface area contributed by atoms with E-state index in [2.05, 4.69) is 15.6 Å². The summed E-state index contributed by atoms with van der Waals surface area (Å²) in [5, 5.41) is 6.53. The Hall–Kier alpha value is -2.86. The number of anilines is 1. The molecular weight excluding hydrogens is 349 g/mol. The number of halogens is 1. The van der Waals surface area contributed by atoms with Crippen LogP contribution >= 0.6 is 11.8 Å². The molecule has 0 aliphatic carbocycles. The molecule has 26 heavy (non-hydrogen) atoms. The van der Waals surface area contributed by atoms with Crippen LogP contribution in [-0.2, 0) is 12.3 Å². The van der Waals surface area contributed by atoms with Crippen LogP contribution in [0.2, 0.25) is 0 Å². The molecule has 1 aromatic heterocycles. The minimum Gasteiger partial charge on any atom is -0.334 e. The van der Waals surface area contributed by atoms with Crippen LogP contribution in [0.25, 0.3) is 0 Å². The van der Waals surface area contributed by atoms with Gasteiger partial charge in [-0.2, -0.15) is 0 Å². The molecule has 3 aromatic rings. The first-order chi connectivity index (χ1) is 12.7. The van der Waals surface area contributed by atoms with Crippen LogP contribution in [0.4, 0.5) is 14.9 Å². The third kappa shape index (κ3) is 5.60. The number of amides is 2. The molecule has 0 radical (unpaired) electrons. The molecule has 0 saturated carbocycles. The minimum absolute atomic E-state index is 0.293. The van der Waals surface area contributed by atoms with Crippen molar-refractivity contribution in [3.8, 4) is 0 Å². The molecule has 2 amide bonds. The molecule has 2 aromatic carbocycles. The van der Waals surface area contributed by atoms with E-state index in [0.29, 0.717) is 6.54 Å². The maximum Gasteiger partial charge on any atom is 0.319 e. The van der Waals surface area contributed by atoms with Crippen molar-refractivity contribution in [2.24, 2.45) is 0 Å². The van der Waals surface area contributed by atoms with E-state index in [4.69, 9.17) is 0 Å². The summed E-state index contributed by atoms with van der Waals surface area (Å²) >= 11 is 1.64. The van der Waals surface area contributed by atoms with Crippen molar-refractivity contribution in [2.45, 2.75) is 17.3 Å². The first kappa shape index (κ1) is 17.9. The largest absolute Gasteiger partial charge is 0.334 e. The number of urea groups is 1. The highest BCUT2D eigenvalue weighted by Crippen LogP contribution is 2.22. The van der Waals surface area contributed by atoms with Crippen LogP contribution in [0.5, 0.6) is 0 Å². The van der Waals surface area contributed by atoms with Crippen molar-refractivity contribution >= 4 is 23.5 Å². The lowest BCUT2D eigenvalue weighted by atomic mass is 10.2. The molecule has 0 fully saturated rings. The molecule has 4 nitrogen and oxygen atoms in total. The van der Waals surface area contributed by atoms with Crippen molar-refractivity contribution < 1.29 is 9.18 Å². The highest BCUT2D eigenvalue weighted by molar-refractivity contribution is 7.98. The molecule has 0 unspecified atom stereocenters. The van der Waals surface area contributed by atoms with Crippen molar-refractivity contribution in [3.05, 3.63) is 89.9 Å². The van der Waals surface area contributed by atoms with Gasteiger partial charge in [-0.15, -0.1) is 11.8 Å². The van der Waals surface area contributed by atoms with Gasteiger partial charge in [0.05, 0.1) is 5.03 Å². The van der Waals surface area contributed by atoms with E-state index >= 15 is 0 Å². The lowest BCUT2D eigenvalue weighted by Gasteiger charge is -2.09. The predicted octanol–water partition coefficient (Wildman–Crippen LogP) is 4.83. The third-order valence-corrected chi connectivity index (χ3v) is 4.59. The Bertz CT molecular complexity index is 856. The number of rotatable bonds is 6. The van der Waals surface area contributed by atoms with E-state index in [1.165, 1.54) is 12.1 Å². The van der Waals surface area contributed by atoms with E-state index in [-0.39, 0.29) is 11.8 Å². The van der Waals surface area contributed by atoms with E-state index in [1.54, 1.807) is 30.1 Å². The van der Waals surface area contributed by atoms with Gasteiger partial charge in [-0.05, 0) is 47.5 Å². The molecule has 6 heteroatoms. The van der Waals surface area contributed by atoms with Gasteiger partial charge >= 0.3 is 6.03 Å². The summed E-state index contributed by atoms with van der Waals surface area (Å²) in [5.74, 6) is 0.475. The van der Waals surface area contributed by atoms with Gasteiger partial charge in [-0.25, -0.2) is 14.2 Å². The summed E-state index contributed by atoms with van der Waals surface area (Å²) in [6.45, 7) is 0.335. The second-order valence-electron chi connectivity index (χ2n) is 5.59. The average Bonchev–Trinajstić information content (AvgIpc) is 2.67. The molecule has 0 atom stereocenters. The number of pyridine rings is 1. The molecule has 0 spiro atoms. The SMILES string of the molecule is O=C(NCc1ccc(F)cc1)Nc1cccc(CSc2ccccn2)c1. The first-order valence-corrected chi connectivity index (χ1v) is 9.10. The second-order valence-corrected chi connectivity index (χ2v) is 6.59. The van der Waals surface area contributed by atoms with Crippen molar-refractivity contribution in [2.75, 3.05) is 5.32 Å². The summed E-state index contributed by atoms with van der Waals surface area (Å²) in [4.78, 5) is 16.3. The highest BCUT2D eigenvalue weighted by atomic mass is 32.2. The number of carbonyl (C=O) groups is 1. The van der Waals surface area contributed by atoms with E-state index in [0.717, 1.165) is 27.6 Å². The molecule has 0 aliphatic rings. The van der Waals surface area contributed by atoms with Crippen LogP contribution in [0.15, 0.2) is 78.0 Å². The number of thioether (sulfide) groups is 1. The van der Waals surface area contributed by atoms with Crippen LogP contribution < -0.4 is 10.6 Å². The molecular formula is C20H18FN3OS. The topological polar surface area (TPSA) is 54.0 Å². The van der Waals surface area contributed by atoms with Gasteiger partial charge in [0.15, 0.2) is 0 Å². The maximum absolute atomic E-state index is 12.9. The predicted molar refractivity (Wildman–Crippen MR) is 102 cm³/mol. The molecule has 2 N–H and O–H groups in total. The van der Waals surface area contributed by atoms with E-state index in [9.17, 15) is 9.18 Å². The van der Waals surface area contributed by atoms with Crippen LogP contribution in [-0.4, -0.2) is 11.0 Å². The van der Waals surface area contributed by atoms with Gasteiger partial charge < -0.3 is 10.6 Å². The Morgan fingerprint density at radius 3 is 2.62 bits per heavy atom. The number of hydrogen-bond acceptors (Lipinski definition) is 3. The first-order valence-electron chi connectivity index (χ1n) is 8.11. The fraction of sp³-hybridized carbons (Fsp3) is 0.100. The fourth-order valence-electron chi connectivity index (χ4n) is 2.29. The molecule has 132 valence electrons. The highest BCUT2D eigenvalue weighted by Gasteiger charge is 2.04. The van der Waals surface area contributed by atoms with E-state index in [1.807, 2.05) is 42.5 Å². The normalized spacial score (nSPS) is 10.3. The molecule has 0 bridgehead atoms. The van der Waals surface area contributed by atoms with Crippen molar-refractivity contribution in [1.29, 1.82) is 0 Å². The zero-order chi connectivity index (χ0) is 18.2. The van der Waals surface area contributed by atoms with Gasteiger partial charge in [0.2, 0.25) is 0 Å². The van der Waals surface area contributed by atoms with Gasteiger partial charge in [-0.3, -0.25) is 0 Å². The summed E-state index contributed by atoms with van der Waals surface area (Å²) in [7, 11) is 0. The Morgan fingerprint density at radius 2 is 1.85 bits per heavy atom. The van der Waals surface area contributed by atoms with E-state index < -0.39 is 0 Å². The molecule has 0 saturated heterocycles. The quantitative estimate of drug-likeness (QED) is 0.613. The average molecular weight is 367 g/mol. The summed E-state index contributed by atoms with van der Waals surface area (Å²) < 4.78 is 12.9. The van der Waals surface area contributed by atoms with Gasteiger partial charge in [-0.1, -0.05) is 30.3 Å². The molecule has 1 heterocycles.